The van der Waals surface area contributed by atoms with Gasteiger partial charge in [-0.2, -0.15) is 0 Å². The molecule has 0 unspecified atom stereocenters. The van der Waals surface area contributed by atoms with E-state index in [1.54, 1.807) is 18.3 Å². The van der Waals surface area contributed by atoms with Crippen LogP contribution in [0.1, 0.15) is 15.9 Å². The molecule has 0 aliphatic heterocycles. The standard InChI is InChI=1S/C12H11FN4O/c13-10-7-15-4-3-9(10)12(18)17-11-2-1-8(5-14)6-16-11/h1-4,6-7H,5,14H2,(H,16,17,18). The van der Waals surface area contributed by atoms with Crippen LogP contribution in [-0.2, 0) is 6.54 Å². The first kappa shape index (κ1) is 12.1. The number of anilines is 1. The van der Waals surface area contributed by atoms with Crippen LogP contribution in [0.2, 0.25) is 0 Å². The molecule has 0 bridgehead atoms. The van der Waals surface area contributed by atoms with Crippen LogP contribution in [0, 0.1) is 5.82 Å². The van der Waals surface area contributed by atoms with E-state index in [0.29, 0.717) is 12.4 Å². The zero-order valence-electron chi connectivity index (χ0n) is 9.43. The van der Waals surface area contributed by atoms with Crippen molar-refractivity contribution in [2.24, 2.45) is 5.73 Å². The van der Waals surface area contributed by atoms with Gasteiger partial charge in [-0.25, -0.2) is 9.37 Å². The SMILES string of the molecule is NCc1ccc(NC(=O)c2ccncc2F)nc1. The van der Waals surface area contributed by atoms with E-state index in [1.165, 1.54) is 12.3 Å². The summed E-state index contributed by atoms with van der Waals surface area (Å²) in [7, 11) is 0. The molecule has 0 radical (unpaired) electrons. The first-order chi connectivity index (χ1) is 8.70. The van der Waals surface area contributed by atoms with Crippen molar-refractivity contribution in [2.75, 3.05) is 5.32 Å². The fourth-order valence-electron chi connectivity index (χ4n) is 1.36. The molecule has 0 saturated heterocycles. The third kappa shape index (κ3) is 2.67. The van der Waals surface area contributed by atoms with Crippen molar-refractivity contribution < 1.29 is 9.18 Å². The maximum absolute atomic E-state index is 13.3. The molecule has 92 valence electrons. The van der Waals surface area contributed by atoms with E-state index < -0.39 is 11.7 Å². The van der Waals surface area contributed by atoms with Gasteiger partial charge in [0.1, 0.15) is 5.82 Å². The minimum absolute atomic E-state index is 0.0744. The van der Waals surface area contributed by atoms with Crippen molar-refractivity contribution in [3.8, 4) is 0 Å². The number of amides is 1. The molecule has 2 rings (SSSR count). The maximum atomic E-state index is 13.3. The summed E-state index contributed by atoms with van der Waals surface area (Å²) in [6, 6.07) is 4.66. The number of nitrogens with two attached hydrogens (primary N) is 1. The summed E-state index contributed by atoms with van der Waals surface area (Å²) >= 11 is 0. The quantitative estimate of drug-likeness (QED) is 0.856. The highest BCUT2D eigenvalue weighted by Gasteiger charge is 2.11. The molecule has 2 aromatic heterocycles. The summed E-state index contributed by atoms with van der Waals surface area (Å²) in [6.45, 7) is 0.375. The Hall–Kier alpha value is -2.34. The van der Waals surface area contributed by atoms with Gasteiger partial charge in [-0.05, 0) is 17.7 Å². The second kappa shape index (κ2) is 5.33. The summed E-state index contributed by atoms with van der Waals surface area (Å²) in [5, 5.41) is 2.49. The van der Waals surface area contributed by atoms with E-state index in [2.05, 4.69) is 15.3 Å². The Balaban J connectivity index is 2.14. The van der Waals surface area contributed by atoms with Crippen LogP contribution >= 0.6 is 0 Å². The Morgan fingerprint density at radius 1 is 1.33 bits per heavy atom. The van der Waals surface area contributed by atoms with Gasteiger partial charge in [0.2, 0.25) is 0 Å². The van der Waals surface area contributed by atoms with Crippen LogP contribution in [0.5, 0.6) is 0 Å². The normalized spacial score (nSPS) is 10.1. The summed E-state index contributed by atoms with van der Waals surface area (Å²) in [6.07, 6.45) is 3.89. The van der Waals surface area contributed by atoms with E-state index in [9.17, 15) is 9.18 Å². The lowest BCUT2D eigenvalue weighted by Crippen LogP contribution is -2.15. The van der Waals surface area contributed by atoms with Crippen molar-refractivity contribution in [3.05, 3.63) is 53.7 Å². The molecule has 2 heterocycles. The molecule has 0 spiro atoms. The van der Waals surface area contributed by atoms with Gasteiger partial charge in [0, 0.05) is 18.9 Å². The second-order valence-electron chi connectivity index (χ2n) is 3.57. The van der Waals surface area contributed by atoms with Crippen LogP contribution in [0.15, 0.2) is 36.8 Å². The predicted octanol–water partition coefficient (Wildman–Crippen LogP) is 1.33. The van der Waals surface area contributed by atoms with Gasteiger partial charge < -0.3 is 11.1 Å². The summed E-state index contributed by atoms with van der Waals surface area (Å²) in [5.41, 5.74) is 6.20. The molecule has 3 N–H and O–H groups in total. The first-order valence-corrected chi connectivity index (χ1v) is 5.26. The van der Waals surface area contributed by atoms with E-state index >= 15 is 0 Å². The molecule has 0 fully saturated rings. The molecule has 0 saturated carbocycles. The molecule has 0 aliphatic rings. The largest absolute Gasteiger partial charge is 0.326 e. The fraction of sp³-hybridized carbons (Fsp3) is 0.0833. The summed E-state index contributed by atoms with van der Waals surface area (Å²) in [5.74, 6) is -0.898. The van der Waals surface area contributed by atoms with Crippen molar-refractivity contribution >= 4 is 11.7 Å². The van der Waals surface area contributed by atoms with Crippen molar-refractivity contribution in [3.63, 3.8) is 0 Å². The molecule has 18 heavy (non-hydrogen) atoms. The highest BCUT2D eigenvalue weighted by molar-refractivity contribution is 6.03. The minimum atomic E-state index is -0.673. The number of carbonyl (C=O) groups excluding carboxylic acids is 1. The Morgan fingerprint density at radius 3 is 2.78 bits per heavy atom. The molecule has 0 atom stereocenters. The van der Waals surface area contributed by atoms with Crippen LogP contribution in [0.25, 0.3) is 0 Å². The van der Waals surface area contributed by atoms with Gasteiger partial charge in [0.05, 0.1) is 11.8 Å². The van der Waals surface area contributed by atoms with E-state index in [4.69, 9.17) is 5.73 Å². The van der Waals surface area contributed by atoms with E-state index in [-0.39, 0.29) is 5.56 Å². The van der Waals surface area contributed by atoms with Crippen LogP contribution in [0.3, 0.4) is 0 Å². The minimum Gasteiger partial charge on any atom is -0.326 e. The number of rotatable bonds is 3. The molecule has 6 heteroatoms. The van der Waals surface area contributed by atoms with Crippen molar-refractivity contribution in [1.29, 1.82) is 0 Å². The van der Waals surface area contributed by atoms with E-state index in [1.807, 2.05) is 0 Å². The maximum Gasteiger partial charge on any atom is 0.259 e. The molecule has 0 aliphatic carbocycles. The van der Waals surface area contributed by atoms with Crippen LogP contribution < -0.4 is 11.1 Å². The monoisotopic (exact) mass is 246 g/mol. The number of pyridine rings is 2. The van der Waals surface area contributed by atoms with Crippen LogP contribution in [-0.4, -0.2) is 15.9 Å². The number of aromatic nitrogens is 2. The summed E-state index contributed by atoms with van der Waals surface area (Å²) < 4.78 is 13.3. The zero-order valence-corrected chi connectivity index (χ0v) is 9.43. The number of carbonyl (C=O) groups is 1. The van der Waals surface area contributed by atoms with E-state index in [0.717, 1.165) is 11.8 Å². The number of hydrogen-bond acceptors (Lipinski definition) is 4. The summed E-state index contributed by atoms with van der Waals surface area (Å²) in [4.78, 5) is 19.3. The first-order valence-electron chi connectivity index (χ1n) is 5.26. The Morgan fingerprint density at radius 2 is 2.17 bits per heavy atom. The molecule has 1 amide bonds. The third-order valence-electron chi connectivity index (χ3n) is 2.32. The van der Waals surface area contributed by atoms with Gasteiger partial charge in [0.15, 0.2) is 5.82 Å². The topological polar surface area (TPSA) is 80.9 Å². The Kier molecular flexibility index (Phi) is 3.59. The van der Waals surface area contributed by atoms with Gasteiger partial charge in [0.25, 0.3) is 5.91 Å². The average molecular weight is 246 g/mol. The molecule has 2 aromatic rings. The second-order valence-corrected chi connectivity index (χ2v) is 3.57. The van der Waals surface area contributed by atoms with Gasteiger partial charge in [-0.15, -0.1) is 0 Å². The lowest BCUT2D eigenvalue weighted by atomic mass is 10.2. The number of nitrogens with one attached hydrogen (secondary N) is 1. The highest BCUT2D eigenvalue weighted by Crippen LogP contribution is 2.09. The number of nitrogens with zero attached hydrogens (tertiary/aromatic N) is 2. The Bertz CT molecular complexity index is 556. The lowest BCUT2D eigenvalue weighted by molar-refractivity contribution is 0.102. The molecular formula is C12H11FN4O. The molecular weight excluding hydrogens is 235 g/mol. The molecule has 0 aromatic carbocycles. The average Bonchev–Trinajstić information content (AvgIpc) is 2.40. The van der Waals surface area contributed by atoms with Gasteiger partial charge in [-0.3, -0.25) is 9.78 Å². The number of halogens is 1. The zero-order chi connectivity index (χ0) is 13.0. The lowest BCUT2D eigenvalue weighted by Gasteiger charge is -2.05. The molecule has 5 nitrogen and oxygen atoms in total. The van der Waals surface area contributed by atoms with Crippen molar-refractivity contribution in [1.82, 2.24) is 9.97 Å². The fourth-order valence-corrected chi connectivity index (χ4v) is 1.36. The van der Waals surface area contributed by atoms with Gasteiger partial charge in [-0.1, -0.05) is 6.07 Å². The highest BCUT2D eigenvalue weighted by atomic mass is 19.1. The van der Waals surface area contributed by atoms with Crippen LogP contribution in [0.4, 0.5) is 10.2 Å². The number of hydrogen-bond donors (Lipinski definition) is 2. The third-order valence-corrected chi connectivity index (χ3v) is 2.32. The van der Waals surface area contributed by atoms with Gasteiger partial charge >= 0.3 is 0 Å². The smallest absolute Gasteiger partial charge is 0.259 e. The predicted molar refractivity (Wildman–Crippen MR) is 64.3 cm³/mol. The van der Waals surface area contributed by atoms with Crippen molar-refractivity contribution in [2.45, 2.75) is 6.54 Å². The Labute approximate surface area is 103 Å².